The van der Waals surface area contributed by atoms with Gasteiger partial charge < -0.3 is 85.7 Å². The van der Waals surface area contributed by atoms with Crippen LogP contribution < -0.4 is 33.2 Å². The molecule has 0 spiro atoms. The van der Waals surface area contributed by atoms with Crippen LogP contribution in [0.4, 0.5) is 31.7 Å². The average Bonchev–Trinajstić information content (AvgIpc) is 2.89. The molecule has 12 atom stereocenters. The number of aliphatic hydroxyl groups excluding tert-OH is 1. The molecule has 480 valence electrons. The Morgan fingerprint density at radius 1 is 0.818 bits per heavy atom. The second kappa shape index (κ2) is 30.2. The van der Waals surface area contributed by atoms with Gasteiger partial charge in [-0.25, -0.2) is 44.3 Å². The largest absolute Gasteiger partial charge is 0.508 e. The fraction of sp³-hybridized carbons (Fsp3) is 0.569. The molecule has 5 aromatic rings. The van der Waals surface area contributed by atoms with E-state index in [9.17, 15) is 43.7 Å². The molecule has 12 N–H and O–H groups in total. The molecule has 3 aliphatic rings. The third kappa shape index (κ3) is 17.4. The number of carbonyl (C=O) groups excluding carboxylic acids is 6. The van der Waals surface area contributed by atoms with Crippen LogP contribution in [0.5, 0.6) is 0 Å². The lowest BCUT2D eigenvalue weighted by Crippen LogP contribution is -2.45. The standard InChI is InChI=1S/C51H71N15O18P2S2/c1-5-6-7-8-11-34(68)63-35(27(2)3)31(67)19-29(10-9-16-55-49(54)71)46(70)62-30-14-12-28(13-15-30)20-77-50(72)64(4)17-18-76-51(73)82-41-39-33(81-48(41)66-26-61-37-43(53)57-24-59-45(37)66)22-79-86(75,88)84-40-38(69)32(21-78-85(74,87)83-39)80-47(40)65-25-60-36-42(52)56-23-58-44(36)65/h12-15,23-27,29,32-33,35,38-41,47-48,69H,5-11,16-22H2,1-4H3,(H,62,70)(H,63,68)(H,74,87)(H,75,88)(H2,52,56,58)(H2,53,57,59)(H3,54,55,71)/t29-,32-,33-,35+,38-,39-,40-,41-,47-,48-,85?,86?/m1/s1. The Morgan fingerprint density at radius 2 is 1.43 bits per heavy atom. The van der Waals surface area contributed by atoms with E-state index in [4.69, 9.17) is 82.6 Å². The predicted octanol–water partition coefficient (Wildman–Crippen LogP) is 3.10. The molecule has 4 aromatic heterocycles. The number of hydrogen-bond donors (Lipinski definition) is 9. The van der Waals surface area contributed by atoms with E-state index in [-0.39, 0.29) is 84.1 Å². The number of unbranched alkanes of at least 4 members (excludes halogenated alkanes) is 3. The SMILES string of the molecule is CCCCCCC(=O)N[C@H](C(=O)C[C@@H](CCCNC(N)=O)C(=O)Nc1ccc(COC(=O)N(C)CCOC(=O)O[C@@H]2[C@@H]3OP(O)(=S)OC[C@H]4O[C@@H](n5cnc6c(N)ncnc65)[C@H](OP(O)(=S)OC[C@H]3O[C@H]2n2cnc3c(N)ncnc32)[C@@H]4O)cc1)C(C)C. The van der Waals surface area contributed by atoms with Gasteiger partial charge in [0.05, 0.1) is 38.5 Å². The van der Waals surface area contributed by atoms with Gasteiger partial charge in [0.15, 0.2) is 47.3 Å². The number of amides is 5. The number of aromatic nitrogens is 8. The van der Waals surface area contributed by atoms with Gasteiger partial charge in [0.2, 0.25) is 11.8 Å². The number of ether oxygens (including phenoxy) is 5. The number of primary amides is 1. The molecule has 37 heteroatoms. The summed E-state index contributed by atoms with van der Waals surface area (Å²) in [7, 11) is 1.39. The monoisotopic (exact) mass is 1310 g/mol. The zero-order valence-electron chi connectivity index (χ0n) is 48.3. The van der Waals surface area contributed by atoms with Gasteiger partial charge in [-0.2, -0.15) is 0 Å². The van der Waals surface area contributed by atoms with Crippen molar-refractivity contribution in [2.24, 2.45) is 17.6 Å². The molecule has 2 bridgehead atoms. The van der Waals surface area contributed by atoms with Crippen LogP contribution in [-0.4, -0.2) is 177 Å². The molecule has 0 radical (unpaired) electrons. The first-order chi connectivity index (χ1) is 41.9. The minimum absolute atomic E-state index is 0.00797. The first-order valence-electron chi connectivity index (χ1n) is 28.0. The van der Waals surface area contributed by atoms with Crippen molar-refractivity contribution in [3.63, 3.8) is 0 Å². The number of hydrogen-bond acceptors (Lipinski definition) is 26. The Kier molecular flexibility index (Phi) is 23.1. The second-order valence-electron chi connectivity index (χ2n) is 21.2. The molecule has 3 fully saturated rings. The summed E-state index contributed by atoms with van der Waals surface area (Å²) < 4.78 is 55.5. The maximum Gasteiger partial charge on any atom is 0.508 e. The van der Waals surface area contributed by atoms with E-state index in [0.29, 0.717) is 30.5 Å². The summed E-state index contributed by atoms with van der Waals surface area (Å²) >= 11 is 10.9. The number of benzene rings is 1. The number of urea groups is 1. The van der Waals surface area contributed by atoms with Crippen molar-refractivity contribution in [3.8, 4) is 0 Å². The van der Waals surface area contributed by atoms with Crippen molar-refractivity contribution < 1.29 is 85.4 Å². The highest BCUT2D eigenvalue weighted by Gasteiger charge is 2.54. The van der Waals surface area contributed by atoms with Gasteiger partial charge in [-0.1, -0.05) is 52.2 Å². The number of ketones is 1. The van der Waals surface area contributed by atoms with Crippen LogP contribution in [0.15, 0.2) is 49.6 Å². The normalized spacial score (nSPS) is 25.3. The summed E-state index contributed by atoms with van der Waals surface area (Å²) in [5.41, 5.74) is 18.8. The fourth-order valence-corrected chi connectivity index (χ4v) is 12.7. The summed E-state index contributed by atoms with van der Waals surface area (Å²) in [6.07, 6.45) is -4.68. The maximum absolute atomic E-state index is 13.7. The van der Waals surface area contributed by atoms with Crippen molar-refractivity contribution in [1.82, 2.24) is 54.6 Å². The molecule has 7 heterocycles. The maximum atomic E-state index is 13.7. The van der Waals surface area contributed by atoms with E-state index in [2.05, 4.69) is 52.8 Å². The molecule has 88 heavy (non-hydrogen) atoms. The van der Waals surface area contributed by atoms with Crippen molar-refractivity contribution in [3.05, 3.63) is 55.1 Å². The lowest BCUT2D eigenvalue weighted by molar-refractivity contribution is -0.131. The van der Waals surface area contributed by atoms with E-state index >= 15 is 0 Å². The molecule has 2 unspecified atom stereocenters. The number of fused-ring (bicyclic) bond motifs is 5. The van der Waals surface area contributed by atoms with Crippen LogP contribution in [0.25, 0.3) is 22.3 Å². The Labute approximate surface area is 513 Å². The first-order valence-corrected chi connectivity index (χ1v) is 33.2. The van der Waals surface area contributed by atoms with Gasteiger partial charge in [-0.15, -0.1) is 0 Å². The minimum Gasteiger partial charge on any atom is -0.445 e. The van der Waals surface area contributed by atoms with Crippen LogP contribution >= 0.6 is 13.4 Å². The van der Waals surface area contributed by atoms with Crippen LogP contribution in [0.1, 0.15) is 90.2 Å². The summed E-state index contributed by atoms with van der Waals surface area (Å²) in [6, 6.07) is 4.89. The molecule has 0 aliphatic carbocycles. The first kappa shape index (κ1) is 67.2. The molecule has 5 amide bonds. The fourth-order valence-electron chi connectivity index (χ4n) is 9.85. The quantitative estimate of drug-likeness (QED) is 0.0243. The highest BCUT2D eigenvalue weighted by molar-refractivity contribution is 8.07. The minimum atomic E-state index is -4.47. The number of nitrogens with two attached hydrogens (primary N) is 3. The zero-order valence-corrected chi connectivity index (χ0v) is 51.7. The van der Waals surface area contributed by atoms with E-state index in [1.165, 1.54) is 35.2 Å². The van der Waals surface area contributed by atoms with Gasteiger partial charge in [0.25, 0.3) is 0 Å². The Morgan fingerprint density at radius 3 is 2.06 bits per heavy atom. The number of Topliss-reactive ketones (excluding diaryl/α,β-unsaturated/α-hetero) is 1. The highest BCUT2D eigenvalue weighted by atomic mass is 32.5. The van der Waals surface area contributed by atoms with E-state index in [1.807, 2.05) is 13.8 Å². The Balaban J connectivity index is 0.878. The van der Waals surface area contributed by atoms with Crippen LogP contribution in [0, 0.1) is 11.8 Å². The van der Waals surface area contributed by atoms with Crippen molar-refractivity contribution in [2.45, 2.75) is 134 Å². The number of nitrogen functional groups attached to an aromatic ring is 2. The lowest BCUT2D eigenvalue weighted by atomic mass is 9.89. The van der Waals surface area contributed by atoms with E-state index in [1.54, 1.807) is 24.3 Å². The molecule has 0 saturated carbocycles. The number of anilines is 3. The molecule has 3 saturated heterocycles. The van der Waals surface area contributed by atoms with Crippen LogP contribution in [0.2, 0.25) is 0 Å². The molecule has 1 aromatic carbocycles. The van der Waals surface area contributed by atoms with Gasteiger partial charge >= 0.3 is 31.7 Å². The van der Waals surface area contributed by atoms with Gasteiger partial charge in [-0.05, 0) is 66.5 Å². The number of nitrogens with one attached hydrogen (secondary N) is 3. The predicted molar refractivity (Wildman–Crippen MR) is 318 cm³/mol. The molecular formula is C51H71N15O18P2S2. The molecule has 8 rings (SSSR count). The topological polar surface area (TPSA) is 451 Å². The second-order valence-corrected chi connectivity index (χ2v) is 26.8. The van der Waals surface area contributed by atoms with Crippen molar-refractivity contribution in [2.75, 3.05) is 56.7 Å². The van der Waals surface area contributed by atoms with Gasteiger partial charge in [0.1, 0.15) is 67.4 Å². The summed E-state index contributed by atoms with van der Waals surface area (Å²) in [5, 5.41) is 19.7. The van der Waals surface area contributed by atoms with Crippen molar-refractivity contribution in [1.29, 1.82) is 0 Å². The van der Waals surface area contributed by atoms with E-state index < -0.39 is 118 Å². The van der Waals surface area contributed by atoms with Gasteiger partial charge in [0, 0.05) is 38.0 Å². The van der Waals surface area contributed by atoms with Gasteiger partial charge in [-0.3, -0.25) is 32.6 Å². The zero-order chi connectivity index (χ0) is 63.5. The number of rotatable bonds is 24. The van der Waals surface area contributed by atoms with E-state index in [0.717, 1.165) is 30.5 Å². The molecular weight excluding hydrogens is 1240 g/mol. The number of imidazole rings is 2. The van der Waals surface area contributed by atoms with Crippen LogP contribution in [0.3, 0.4) is 0 Å². The third-order valence-corrected chi connectivity index (χ3v) is 17.6. The number of aliphatic hydroxyl groups is 1. The average molecular weight is 1310 g/mol. The number of likely N-dealkylation sites (N-methyl/N-ethyl adjacent to an activating group) is 1. The van der Waals surface area contributed by atoms with Crippen LogP contribution in [-0.2, 0) is 86.4 Å². The molecule has 3 aliphatic heterocycles. The smallest absolute Gasteiger partial charge is 0.445 e. The third-order valence-electron chi connectivity index (χ3n) is 14.4. The Bertz CT molecular complexity index is 3390. The highest BCUT2D eigenvalue weighted by Crippen LogP contribution is 2.54. The van der Waals surface area contributed by atoms with Crippen molar-refractivity contribution >= 4 is 113 Å². The summed E-state index contributed by atoms with van der Waals surface area (Å²) in [5.74, 6) is -1.99. The number of nitrogens with zero attached hydrogens (tertiary/aromatic N) is 9. The number of carbonyl (C=O) groups is 6. The Hall–Kier alpha value is -6.72. The molecule has 33 nitrogen and oxygen atoms in total. The summed E-state index contributed by atoms with van der Waals surface area (Å²) in [4.78, 5) is 128. The lowest BCUT2D eigenvalue weighted by Gasteiger charge is -2.29. The summed E-state index contributed by atoms with van der Waals surface area (Å²) in [6.45, 7) is -5.16.